The van der Waals surface area contributed by atoms with E-state index in [0.29, 0.717) is 37.1 Å². The summed E-state index contributed by atoms with van der Waals surface area (Å²) < 4.78 is 105. The Hall–Kier alpha value is -2.35. The molecule has 2 saturated heterocycles. The molecular formula is C29H41F2N5O. The molecule has 3 aliphatic rings. The van der Waals surface area contributed by atoms with Gasteiger partial charge in [0.1, 0.15) is 11.6 Å². The van der Waals surface area contributed by atoms with Crippen LogP contribution in [0.15, 0.2) is 30.3 Å². The molecule has 5 rings (SSSR count). The number of alkyl halides is 2. The molecule has 202 valence electrons. The van der Waals surface area contributed by atoms with Gasteiger partial charge in [-0.2, -0.15) is 0 Å². The Bertz CT molecular complexity index is 1390. The van der Waals surface area contributed by atoms with Crippen LogP contribution in [0, 0.1) is 12.8 Å². The molecule has 0 spiro atoms. The van der Waals surface area contributed by atoms with E-state index in [4.69, 9.17) is 9.60 Å². The molecule has 3 fully saturated rings. The zero-order valence-corrected chi connectivity index (χ0v) is 21.3. The number of carbonyl (C=O) groups is 1. The van der Waals surface area contributed by atoms with Gasteiger partial charge in [-0.1, -0.05) is 44.2 Å². The summed E-state index contributed by atoms with van der Waals surface area (Å²) in [6, 6.07) is 7.06. The van der Waals surface area contributed by atoms with E-state index in [2.05, 4.69) is 15.5 Å². The van der Waals surface area contributed by atoms with Crippen LogP contribution in [-0.4, -0.2) is 50.1 Å². The fraction of sp³-hybridized carbons (Fsp3) is 0.690. The fourth-order valence-corrected chi connectivity index (χ4v) is 5.92. The molecular weight excluding hydrogens is 472 g/mol. The predicted molar refractivity (Wildman–Crippen MR) is 139 cm³/mol. The lowest BCUT2D eigenvalue weighted by molar-refractivity contribution is -0.130. The maximum absolute atomic E-state index is 14.5. The number of benzene rings is 1. The molecule has 37 heavy (non-hydrogen) atoms. The zero-order chi connectivity index (χ0) is 34.0. The van der Waals surface area contributed by atoms with Crippen LogP contribution in [0.5, 0.6) is 0 Å². The Labute approximate surface area is 231 Å². The Morgan fingerprint density at radius 1 is 1.14 bits per heavy atom. The quantitative estimate of drug-likeness (QED) is 0.465. The normalized spacial score (nSPS) is 34.0. The summed E-state index contributed by atoms with van der Waals surface area (Å²) in [5.41, 5.74) is 0.572. The molecule has 8 heteroatoms. The third kappa shape index (κ3) is 5.74. The summed E-state index contributed by atoms with van der Waals surface area (Å²) in [5.74, 6) is -6.01. The number of aryl methyl sites for hydroxylation is 1. The van der Waals surface area contributed by atoms with E-state index in [1.54, 1.807) is 34.9 Å². The first-order valence-electron chi connectivity index (χ1n) is 17.6. The van der Waals surface area contributed by atoms with Gasteiger partial charge in [-0.15, -0.1) is 10.2 Å². The smallest absolute Gasteiger partial charge is 0.248 e. The van der Waals surface area contributed by atoms with Crippen molar-refractivity contribution < 1.29 is 25.9 Å². The van der Waals surface area contributed by atoms with Gasteiger partial charge < -0.3 is 9.88 Å². The van der Waals surface area contributed by atoms with Crippen molar-refractivity contribution in [2.45, 2.75) is 114 Å². The van der Waals surface area contributed by atoms with Gasteiger partial charge in [0.15, 0.2) is 0 Å². The summed E-state index contributed by atoms with van der Waals surface area (Å²) in [5, 5.41) is 11.0. The highest BCUT2D eigenvalue weighted by Gasteiger charge is 2.42. The highest BCUT2D eigenvalue weighted by molar-refractivity contribution is 5.79. The van der Waals surface area contributed by atoms with E-state index in [9.17, 15) is 16.3 Å². The van der Waals surface area contributed by atoms with Crippen molar-refractivity contribution in [2.24, 2.45) is 5.92 Å². The number of carbonyl (C=O) groups excluding carboxylic acids is 1. The predicted octanol–water partition coefficient (Wildman–Crippen LogP) is 5.95. The average Bonchev–Trinajstić information content (AvgIpc) is 3.52. The van der Waals surface area contributed by atoms with E-state index < -0.39 is 62.7 Å². The number of hydrogen-bond acceptors (Lipinski definition) is 4. The van der Waals surface area contributed by atoms with Gasteiger partial charge in [0.2, 0.25) is 11.8 Å². The van der Waals surface area contributed by atoms with E-state index in [-0.39, 0.29) is 36.3 Å². The van der Waals surface area contributed by atoms with Gasteiger partial charge in [0, 0.05) is 61.5 Å². The van der Waals surface area contributed by atoms with Crippen molar-refractivity contribution in [3.63, 3.8) is 0 Å². The molecule has 2 aliphatic heterocycles. The second-order valence-corrected chi connectivity index (χ2v) is 10.7. The molecule has 3 unspecified atom stereocenters. The maximum atomic E-state index is 14.5. The minimum Gasteiger partial charge on any atom is -0.349 e. The SMILES string of the molecule is [2H]C([2H])([2H])c1nnc(C(C)C)n1C1CC2CCC(C1)N2C([2H])([2H])CC(NC(=O)C1CC([2H])([2H])C(F)(F)C([2H])([2H])C1)c1ccccc1. The fourth-order valence-electron chi connectivity index (χ4n) is 5.92. The van der Waals surface area contributed by atoms with E-state index in [1.165, 1.54) is 0 Å². The molecule has 2 aromatic rings. The van der Waals surface area contributed by atoms with Crippen LogP contribution in [0.25, 0.3) is 0 Å². The van der Waals surface area contributed by atoms with Crippen molar-refractivity contribution in [3.8, 4) is 0 Å². The average molecular weight is 523 g/mol. The monoisotopic (exact) mass is 522 g/mol. The number of rotatable bonds is 8. The number of halogens is 2. The minimum absolute atomic E-state index is 0.0677. The first-order chi connectivity index (χ1) is 21.2. The van der Waals surface area contributed by atoms with Crippen LogP contribution in [0.4, 0.5) is 8.78 Å². The number of nitrogens with one attached hydrogen (secondary N) is 1. The topological polar surface area (TPSA) is 63.1 Å². The third-order valence-electron chi connectivity index (χ3n) is 7.82. The maximum Gasteiger partial charge on any atom is 0.248 e. The molecule has 2 bridgehead atoms. The van der Waals surface area contributed by atoms with Crippen molar-refractivity contribution >= 4 is 5.91 Å². The van der Waals surface area contributed by atoms with Crippen LogP contribution >= 0.6 is 0 Å². The molecule has 1 N–H and O–H groups in total. The van der Waals surface area contributed by atoms with Crippen molar-refractivity contribution in [2.75, 3.05) is 6.50 Å². The van der Waals surface area contributed by atoms with Gasteiger partial charge >= 0.3 is 0 Å². The van der Waals surface area contributed by atoms with E-state index >= 15 is 0 Å². The molecule has 6 nitrogen and oxygen atoms in total. The highest BCUT2D eigenvalue weighted by atomic mass is 19.3. The largest absolute Gasteiger partial charge is 0.349 e. The number of hydrogen-bond donors (Lipinski definition) is 1. The van der Waals surface area contributed by atoms with Gasteiger partial charge in [-0.25, -0.2) is 8.78 Å². The van der Waals surface area contributed by atoms with Crippen LogP contribution in [0.3, 0.4) is 0 Å². The highest BCUT2D eigenvalue weighted by Crippen LogP contribution is 2.42. The molecule has 0 radical (unpaired) electrons. The molecule has 1 aromatic heterocycles. The van der Waals surface area contributed by atoms with Crippen molar-refractivity contribution in [3.05, 3.63) is 47.5 Å². The van der Waals surface area contributed by atoms with Crippen LogP contribution in [0.1, 0.15) is 119 Å². The number of aromatic nitrogens is 3. The molecule has 1 saturated carbocycles. The van der Waals surface area contributed by atoms with Gasteiger partial charge in [-0.3, -0.25) is 9.69 Å². The van der Waals surface area contributed by atoms with Gasteiger partial charge in [0.05, 0.1) is 6.04 Å². The first-order valence-corrected chi connectivity index (χ1v) is 13.1. The Kier molecular flexibility index (Phi) is 5.04. The first kappa shape index (κ1) is 17.3. The Balaban J connectivity index is 1.37. The van der Waals surface area contributed by atoms with Gasteiger partial charge in [0.25, 0.3) is 0 Å². The molecule has 3 heterocycles. The lowest BCUT2D eigenvalue weighted by Gasteiger charge is -2.40. The summed E-state index contributed by atoms with van der Waals surface area (Å²) >= 11 is 0. The number of amides is 1. The number of fused-ring (bicyclic) bond motifs is 2. The molecule has 1 aromatic carbocycles. The van der Waals surface area contributed by atoms with Crippen LogP contribution in [-0.2, 0) is 4.79 Å². The minimum atomic E-state index is -4.27. The van der Waals surface area contributed by atoms with Crippen LogP contribution in [0.2, 0.25) is 0 Å². The van der Waals surface area contributed by atoms with Gasteiger partial charge in [-0.05, 0) is 57.4 Å². The lowest BCUT2D eigenvalue weighted by Crippen LogP contribution is -2.45. The molecule has 1 aliphatic carbocycles. The number of piperidine rings is 1. The lowest BCUT2D eigenvalue weighted by atomic mass is 9.86. The van der Waals surface area contributed by atoms with Crippen LogP contribution < -0.4 is 5.32 Å². The van der Waals surface area contributed by atoms with Crippen molar-refractivity contribution in [1.29, 1.82) is 0 Å². The summed E-state index contributed by atoms with van der Waals surface area (Å²) in [7, 11) is 0. The van der Waals surface area contributed by atoms with E-state index in [1.807, 2.05) is 18.7 Å². The standard InChI is InChI=1S/C29H41F2N5O/c1-19(2)27-34-33-20(3)36(27)25-17-23-9-10-24(18-25)35(23)16-13-26(21-7-5-4-6-8-21)32-28(37)22-11-14-29(30,31)15-12-22/h4-8,19,22-26H,9-18H2,1-3H3,(H,32,37)/i3D3,14D2,15D2,16D2. The summed E-state index contributed by atoms with van der Waals surface area (Å²) in [6.45, 7) is -0.565. The summed E-state index contributed by atoms with van der Waals surface area (Å²) in [6.07, 6.45) is -6.04. The summed E-state index contributed by atoms with van der Waals surface area (Å²) in [4.78, 5) is 15.3. The second kappa shape index (κ2) is 10.8. The molecule has 3 atom stereocenters. The zero-order valence-electron chi connectivity index (χ0n) is 30.3. The molecule has 1 amide bonds. The second-order valence-electron chi connectivity index (χ2n) is 10.7. The van der Waals surface area contributed by atoms with E-state index in [0.717, 1.165) is 0 Å². The number of nitrogens with zero attached hydrogens (tertiary/aromatic N) is 4. The Morgan fingerprint density at radius 3 is 2.43 bits per heavy atom. The third-order valence-corrected chi connectivity index (χ3v) is 7.82. The van der Waals surface area contributed by atoms with Crippen molar-refractivity contribution in [1.82, 2.24) is 25.0 Å². The Morgan fingerprint density at radius 2 is 1.81 bits per heavy atom.